The molecule has 0 saturated carbocycles. The Hall–Kier alpha value is -1.90. The van der Waals surface area contributed by atoms with Gasteiger partial charge in [0.05, 0.1) is 19.3 Å². The van der Waals surface area contributed by atoms with E-state index in [9.17, 15) is 4.57 Å². The molecule has 0 bridgehead atoms. The molecule has 4 nitrogen and oxygen atoms in total. The van der Waals surface area contributed by atoms with Crippen LogP contribution in [-0.2, 0) is 9.09 Å². The number of benzene rings is 2. The fourth-order valence-electron chi connectivity index (χ4n) is 2.32. The van der Waals surface area contributed by atoms with E-state index in [0.29, 0.717) is 23.7 Å². The summed E-state index contributed by atoms with van der Waals surface area (Å²) in [5.74, 6) is 1.13. The first kappa shape index (κ1) is 15.0. The molecule has 1 atom stereocenters. The molecule has 2 aromatic rings. The molecule has 0 aromatic heterocycles. The molecule has 1 aliphatic heterocycles. The number of methoxy groups -OCH3 is 1. The zero-order valence-electron chi connectivity index (χ0n) is 12.0. The third-order valence-corrected chi connectivity index (χ3v) is 5.50. The van der Waals surface area contributed by atoms with Crippen LogP contribution in [0.5, 0.6) is 5.75 Å². The zero-order valence-corrected chi connectivity index (χ0v) is 13.6. The molecule has 0 amide bonds. The minimum atomic E-state index is -3.52. The molecule has 1 heterocycles. The van der Waals surface area contributed by atoms with Gasteiger partial charge in [-0.2, -0.15) is 0 Å². The molecule has 2 aromatic carbocycles. The Morgan fingerprint density at radius 1 is 1.14 bits per heavy atom. The van der Waals surface area contributed by atoms with Crippen molar-refractivity contribution in [1.29, 1.82) is 0 Å². The van der Waals surface area contributed by atoms with E-state index in [0.717, 1.165) is 5.56 Å². The van der Waals surface area contributed by atoms with Gasteiger partial charge in [0.1, 0.15) is 11.5 Å². The van der Waals surface area contributed by atoms with Crippen molar-refractivity contribution in [3.8, 4) is 5.75 Å². The number of hydrogen-bond donors (Lipinski definition) is 0. The molecular weight excluding hydrogens is 321 g/mol. The molecule has 0 saturated heterocycles. The topological polar surface area (TPSA) is 38.8 Å². The predicted molar refractivity (Wildman–Crippen MR) is 89.3 cm³/mol. The summed E-state index contributed by atoms with van der Waals surface area (Å²) in [6.45, 7) is -3.14. The van der Waals surface area contributed by atoms with Crippen molar-refractivity contribution in [3.63, 3.8) is 0 Å². The van der Waals surface area contributed by atoms with Crippen LogP contribution < -0.4 is 9.41 Å². The minimum absolute atomic E-state index is 0.380. The number of para-hydroxylation sites is 2. The van der Waals surface area contributed by atoms with Gasteiger partial charge in [0.2, 0.25) is 0 Å². The summed E-state index contributed by atoms with van der Waals surface area (Å²) in [5.41, 5.74) is 1.50. The van der Waals surface area contributed by atoms with Crippen LogP contribution in [0.4, 0.5) is 5.69 Å². The van der Waals surface area contributed by atoms with Crippen molar-refractivity contribution in [1.82, 2.24) is 0 Å². The van der Waals surface area contributed by atoms with E-state index in [4.69, 9.17) is 20.5 Å². The number of anilines is 1. The van der Waals surface area contributed by atoms with E-state index < -0.39 is 6.87 Å². The average Bonchev–Trinajstić information content (AvgIpc) is 2.55. The van der Waals surface area contributed by atoms with Crippen molar-refractivity contribution in [2.24, 2.45) is 0 Å². The van der Waals surface area contributed by atoms with E-state index in [1.54, 1.807) is 19.2 Å². The summed E-state index contributed by atoms with van der Waals surface area (Å²) in [5, 5.41) is 0. The fraction of sp³-hybridized carbons (Fsp3) is 0.125. The largest absolute Gasteiger partial charge is 0.495 e. The normalized spacial score (nSPS) is 21.0. The van der Waals surface area contributed by atoms with Gasteiger partial charge < -0.3 is 9.26 Å². The summed E-state index contributed by atoms with van der Waals surface area (Å²) in [6, 6.07) is 16.8. The molecule has 0 fully saturated rings. The van der Waals surface area contributed by atoms with Crippen LogP contribution in [0.25, 0.3) is 5.76 Å². The van der Waals surface area contributed by atoms with Gasteiger partial charge >= 0.3 is 6.87 Å². The third-order valence-electron chi connectivity index (χ3n) is 3.37. The van der Waals surface area contributed by atoms with Crippen LogP contribution in [-0.4, -0.2) is 13.7 Å². The smallest absolute Gasteiger partial charge is 0.438 e. The second-order valence-electron chi connectivity index (χ2n) is 4.73. The van der Waals surface area contributed by atoms with Crippen molar-refractivity contribution >= 4 is 29.6 Å². The predicted octanol–water partition coefficient (Wildman–Crippen LogP) is 4.92. The average molecular weight is 336 g/mol. The third kappa shape index (κ3) is 2.85. The van der Waals surface area contributed by atoms with E-state index in [-0.39, 0.29) is 0 Å². The van der Waals surface area contributed by atoms with E-state index in [1.165, 1.54) is 4.67 Å². The first-order valence-corrected chi connectivity index (χ1v) is 9.26. The first-order valence-electron chi connectivity index (χ1n) is 6.78. The zero-order chi connectivity index (χ0) is 15.6. The van der Waals surface area contributed by atoms with Gasteiger partial charge in [0.15, 0.2) is 0 Å². The van der Waals surface area contributed by atoms with Crippen molar-refractivity contribution in [2.45, 2.75) is 0 Å². The van der Waals surface area contributed by atoms with Gasteiger partial charge in [-0.3, -0.25) is 4.67 Å². The summed E-state index contributed by atoms with van der Waals surface area (Å²) >= 11 is 6.21. The van der Waals surface area contributed by atoms with Gasteiger partial charge in [-0.25, -0.2) is 4.57 Å². The van der Waals surface area contributed by atoms with Crippen LogP contribution in [0.3, 0.4) is 0 Å². The van der Waals surface area contributed by atoms with Crippen molar-refractivity contribution in [3.05, 3.63) is 66.2 Å². The maximum absolute atomic E-state index is 12.8. The van der Waals surface area contributed by atoms with Crippen LogP contribution >= 0.6 is 18.1 Å². The maximum Gasteiger partial charge on any atom is 0.438 e. The van der Waals surface area contributed by atoms with Gasteiger partial charge in [0, 0.05) is 16.8 Å². The molecule has 3 rings (SSSR count). The van der Waals surface area contributed by atoms with Gasteiger partial charge in [-0.15, -0.1) is 0 Å². The number of ether oxygens (including phenoxy) is 1. The van der Waals surface area contributed by atoms with Gasteiger partial charge in [-0.05, 0) is 18.2 Å². The highest BCUT2D eigenvalue weighted by Crippen LogP contribution is 2.63. The SMILES string of the molecule is COc1ccccc1N1CC=C(c2ccccc2)OP1(=O)Cl. The van der Waals surface area contributed by atoms with E-state index in [2.05, 4.69) is 0 Å². The molecule has 1 unspecified atom stereocenters. The standard InChI is InChI=1S/C16H15ClNO3P/c1-20-16-10-6-5-9-14(16)18-12-11-15(21-22(18,17)19)13-7-3-2-4-8-13/h2-11H,12H2,1H3. The molecule has 0 aliphatic carbocycles. The molecule has 0 radical (unpaired) electrons. The van der Waals surface area contributed by atoms with Crippen molar-refractivity contribution < 1.29 is 13.8 Å². The Kier molecular flexibility index (Phi) is 4.14. The summed E-state index contributed by atoms with van der Waals surface area (Å²) in [6.07, 6.45) is 1.86. The molecule has 22 heavy (non-hydrogen) atoms. The molecule has 0 N–H and O–H groups in total. The van der Waals surface area contributed by atoms with Crippen molar-refractivity contribution in [2.75, 3.05) is 18.3 Å². The molecule has 1 aliphatic rings. The first-order chi connectivity index (χ1) is 10.6. The lowest BCUT2D eigenvalue weighted by Gasteiger charge is -2.33. The van der Waals surface area contributed by atoms with Gasteiger partial charge in [-0.1, -0.05) is 42.5 Å². The molecular formula is C16H15ClNO3P. The number of halogens is 1. The molecule has 0 spiro atoms. The lowest BCUT2D eigenvalue weighted by Crippen LogP contribution is -2.23. The minimum Gasteiger partial charge on any atom is -0.495 e. The fourth-order valence-corrected chi connectivity index (χ4v) is 4.19. The highest BCUT2D eigenvalue weighted by Gasteiger charge is 2.36. The summed E-state index contributed by atoms with van der Waals surface area (Å²) in [7, 11) is 1.56. The maximum atomic E-state index is 12.8. The van der Waals surface area contributed by atoms with Crippen LogP contribution in [0.1, 0.15) is 5.56 Å². The monoisotopic (exact) mass is 335 g/mol. The summed E-state index contributed by atoms with van der Waals surface area (Å²) in [4.78, 5) is 0. The van der Waals surface area contributed by atoms with Crippen LogP contribution in [0, 0.1) is 0 Å². The second-order valence-corrected chi connectivity index (χ2v) is 7.58. The summed E-state index contributed by atoms with van der Waals surface area (Å²) < 4.78 is 25.2. The Bertz CT molecular complexity index is 748. The Labute approximate surface area is 134 Å². The Morgan fingerprint density at radius 3 is 2.50 bits per heavy atom. The van der Waals surface area contributed by atoms with Crippen LogP contribution in [0.15, 0.2) is 60.7 Å². The quantitative estimate of drug-likeness (QED) is 0.746. The molecule has 114 valence electrons. The highest BCUT2D eigenvalue weighted by molar-refractivity contribution is 7.86. The molecule has 6 heteroatoms. The Morgan fingerprint density at radius 2 is 1.82 bits per heavy atom. The van der Waals surface area contributed by atoms with E-state index >= 15 is 0 Å². The number of hydrogen-bond acceptors (Lipinski definition) is 3. The lowest BCUT2D eigenvalue weighted by molar-refractivity contribution is 0.414. The highest BCUT2D eigenvalue weighted by atomic mass is 35.7. The second kappa shape index (κ2) is 6.07. The van der Waals surface area contributed by atoms with Crippen LogP contribution in [0.2, 0.25) is 0 Å². The number of nitrogens with zero attached hydrogens (tertiary/aromatic N) is 1. The Balaban J connectivity index is 1.96. The van der Waals surface area contributed by atoms with E-state index in [1.807, 2.05) is 48.5 Å². The number of rotatable bonds is 3. The lowest BCUT2D eigenvalue weighted by atomic mass is 10.2. The van der Waals surface area contributed by atoms with Gasteiger partial charge in [0.25, 0.3) is 0 Å².